The minimum atomic E-state index is -1.92. The van der Waals surface area contributed by atoms with Crippen LogP contribution in [0.3, 0.4) is 0 Å². The summed E-state index contributed by atoms with van der Waals surface area (Å²) in [7, 11) is 1.65. The Labute approximate surface area is 237 Å². The molecule has 4 aromatic rings. The van der Waals surface area contributed by atoms with Crippen LogP contribution in [0.1, 0.15) is 56.0 Å². The molecule has 0 radical (unpaired) electrons. The molecule has 6 rings (SSSR count). The first-order valence-electron chi connectivity index (χ1n) is 14.2. The van der Waals surface area contributed by atoms with E-state index in [2.05, 4.69) is 19.9 Å². The summed E-state index contributed by atoms with van der Waals surface area (Å²) >= 11 is -1.92. The van der Waals surface area contributed by atoms with Gasteiger partial charge in [0, 0.05) is 35.1 Å². The Morgan fingerprint density at radius 1 is 1.10 bits per heavy atom. The Balaban J connectivity index is 1.13. The standard InChI is InChI=1S/C30H37N5O4S/c1-19-33-26-16-32-29-25(13-14-31-29)27(26)28(34-19)21-5-7-22(8-6-21)30(40(36)37)35-15-3-4-20(17-35)18-39-24-11-9-23(38-2)10-12-24/h9-14,16,20-22,30H,3-8,15,17-18H2,1-2H3,(H,33,34)(H,36,37). The second kappa shape index (κ2) is 11.8. The number of pyridine rings is 1. The summed E-state index contributed by atoms with van der Waals surface area (Å²) in [6, 6.07) is 9.65. The minimum absolute atomic E-state index is 0.180. The first kappa shape index (κ1) is 27.1. The molecule has 4 heterocycles. The third-order valence-corrected chi connectivity index (χ3v) is 9.73. The maximum absolute atomic E-state index is 12.7. The molecule has 1 aliphatic heterocycles. The van der Waals surface area contributed by atoms with E-state index in [-0.39, 0.29) is 11.3 Å². The normalized spacial score (nSPS) is 23.7. The monoisotopic (exact) mass is 563 g/mol. The number of H-pyrrole nitrogens is 1. The van der Waals surface area contributed by atoms with Crippen LogP contribution in [0.5, 0.6) is 11.5 Å². The van der Waals surface area contributed by atoms with Crippen molar-refractivity contribution in [3.05, 3.63) is 54.2 Å². The van der Waals surface area contributed by atoms with E-state index in [0.29, 0.717) is 18.4 Å². The molecule has 0 spiro atoms. The first-order chi connectivity index (χ1) is 19.5. The Morgan fingerprint density at radius 3 is 2.62 bits per heavy atom. The van der Waals surface area contributed by atoms with Gasteiger partial charge in [-0.3, -0.25) is 4.90 Å². The maximum atomic E-state index is 12.7. The second-order valence-electron chi connectivity index (χ2n) is 11.2. The van der Waals surface area contributed by atoms with Crippen LogP contribution in [-0.4, -0.2) is 65.8 Å². The molecule has 10 heteroatoms. The number of nitrogens with zero attached hydrogens (tertiary/aromatic N) is 4. The van der Waals surface area contributed by atoms with E-state index >= 15 is 0 Å². The van der Waals surface area contributed by atoms with E-state index in [4.69, 9.17) is 14.5 Å². The highest BCUT2D eigenvalue weighted by Crippen LogP contribution is 2.41. The third-order valence-electron chi connectivity index (χ3n) is 8.63. The molecular formula is C30H37N5O4S. The van der Waals surface area contributed by atoms with E-state index in [0.717, 1.165) is 90.9 Å². The number of rotatable bonds is 8. The average molecular weight is 564 g/mol. The molecule has 1 aromatic carbocycles. The fourth-order valence-corrected chi connectivity index (χ4v) is 7.77. The largest absolute Gasteiger partial charge is 0.497 e. The van der Waals surface area contributed by atoms with Crippen LogP contribution in [0, 0.1) is 18.8 Å². The highest BCUT2D eigenvalue weighted by atomic mass is 32.2. The zero-order valence-electron chi connectivity index (χ0n) is 23.1. The van der Waals surface area contributed by atoms with Crippen molar-refractivity contribution in [3.63, 3.8) is 0 Å². The van der Waals surface area contributed by atoms with Crippen LogP contribution in [0.2, 0.25) is 0 Å². The van der Waals surface area contributed by atoms with Gasteiger partial charge >= 0.3 is 0 Å². The van der Waals surface area contributed by atoms with Gasteiger partial charge in [0.2, 0.25) is 0 Å². The van der Waals surface area contributed by atoms with Crippen molar-refractivity contribution in [1.82, 2.24) is 24.8 Å². The van der Waals surface area contributed by atoms with Gasteiger partial charge in [-0.1, -0.05) is 0 Å². The van der Waals surface area contributed by atoms with Crippen molar-refractivity contribution >= 4 is 33.0 Å². The molecule has 2 N–H and O–H groups in total. The number of hydrogen-bond donors (Lipinski definition) is 2. The van der Waals surface area contributed by atoms with Crippen molar-refractivity contribution in [1.29, 1.82) is 0 Å². The van der Waals surface area contributed by atoms with E-state index in [9.17, 15) is 8.76 Å². The SMILES string of the molecule is COc1ccc(OCC2CCCN(C(C3CCC(c4[nH]c(C)nc5cnc6nccc6c45)CC3)S(=O)O)C2)cc1. The van der Waals surface area contributed by atoms with Crippen LogP contribution < -0.4 is 9.47 Å². The fraction of sp³-hybridized carbons (Fsp3) is 0.500. The first-order valence-corrected chi connectivity index (χ1v) is 15.4. The average Bonchev–Trinajstić information content (AvgIpc) is 3.46. The summed E-state index contributed by atoms with van der Waals surface area (Å²) in [4.78, 5) is 19.4. The molecule has 9 nitrogen and oxygen atoms in total. The maximum Gasteiger partial charge on any atom is 0.171 e. The van der Waals surface area contributed by atoms with Crippen molar-refractivity contribution in [2.45, 2.75) is 56.7 Å². The number of benzene rings is 1. The lowest BCUT2D eigenvalue weighted by Gasteiger charge is -2.42. The number of ether oxygens (including phenoxy) is 2. The molecule has 3 unspecified atom stereocenters. The molecule has 0 bridgehead atoms. The summed E-state index contributed by atoms with van der Waals surface area (Å²) in [6.07, 6.45) is 9.43. The van der Waals surface area contributed by atoms with Gasteiger partial charge in [0.15, 0.2) is 16.7 Å². The minimum Gasteiger partial charge on any atom is -0.497 e. The number of aryl methyl sites for hydroxylation is 1. The quantitative estimate of drug-likeness (QED) is 0.273. The van der Waals surface area contributed by atoms with Crippen LogP contribution in [0.4, 0.5) is 0 Å². The summed E-state index contributed by atoms with van der Waals surface area (Å²) < 4.78 is 34.5. The molecule has 3 aromatic heterocycles. The molecule has 1 saturated carbocycles. The zero-order valence-corrected chi connectivity index (χ0v) is 23.9. The number of nitrogens with one attached hydrogen (secondary N) is 1. The highest BCUT2D eigenvalue weighted by molar-refractivity contribution is 7.79. The number of piperidine rings is 1. The molecule has 2 fully saturated rings. The van der Waals surface area contributed by atoms with Crippen LogP contribution >= 0.6 is 0 Å². The molecule has 3 atom stereocenters. The molecule has 0 amide bonds. The fourth-order valence-electron chi connectivity index (χ4n) is 6.72. The predicted octanol–water partition coefficient (Wildman–Crippen LogP) is 5.44. The van der Waals surface area contributed by atoms with Gasteiger partial charge in [-0.15, -0.1) is 0 Å². The summed E-state index contributed by atoms with van der Waals surface area (Å²) in [5.74, 6) is 3.34. The number of methoxy groups -OCH3 is 1. The lowest BCUT2D eigenvalue weighted by molar-refractivity contribution is 0.0878. The third kappa shape index (κ3) is 5.57. The van der Waals surface area contributed by atoms with Gasteiger partial charge < -0.3 is 19.0 Å². The Kier molecular flexibility index (Phi) is 8.00. The van der Waals surface area contributed by atoms with E-state index in [1.807, 2.05) is 43.5 Å². The van der Waals surface area contributed by atoms with Gasteiger partial charge in [0.1, 0.15) is 22.7 Å². The van der Waals surface area contributed by atoms with Crippen LogP contribution in [0.25, 0.3) is 21.9 Å². The molecule has 1 aliphatic carbocycles. The molecular weight excluding hydrogens is 526 g/mol. The van der Waals surface area contributed by atoms with Gasteiger partial charge in [0.05, 0.1) is 25.4 Å². The van der Waals surface area contributed by atoms with Crippen LogP contribution in [0.15, 0.2) is 42.7 Å². The van der Waals surface area contributed by atoms with Crippen LogP contribution in [-0.2, 0) is 11.1 Å². The second-order valence-corrected chi connectivity index (χ2v) is 12.2. The number of aromatic nitrogens is 4. The molecule has 40 heavy (non-hydrogen) atoms. The predicted molar refractivity (Wildman–Crippen MR) is 156 cm³/mol. The highest BCUT2D eigenvalue weighted by Gasteiger charge is 2.38. The topological polar surface area (TPSA) is 113 Å². The Hall–Kier alpha value is -3.08. The number of hydrogen-bond acceptors (Lipinski definition) is 7. The summed E-state index contributed by atoms with van der Waals surface area (Å²) in [5.41, 5.74) is 2.82. The van der Waals surface area contributed by atoms with Crippen molar-refractivity contribution in [3.8, 4) is 11.5 Å². The number of aromatic amines is 1. The van der Waals surface area contributed by atoms with Gasteiger partial charge in [-0.2, -0.15) is 0 Å². The van der Waals surface area contributed by atoms with Crippen molar-refractivity contribution in [2.75, 3.05) is 26.8 Å². The lowest BCUT2D eigenvalue weighted by atomic mass is 9.78. The molecule has 1 saturated heterocycles. The number of fused-ring (bicyclic) bond motifs is 3. The summed E-state index contributed by atoms with van der Waals surface area (Å²) in [5, 5.41) is 1.79. The Morgan fingerprint density at radius 2 is 1.88 bits per heavy atom. The van der Waals surface area contributed by atoms with Gasteiger partial charge in [0.25, 0.3) is 0 Å². The summed E-state index contributed by atoms with van der Waals surface area (Å²) in [6.45, 7) is 4.22. The Bertz CT molecular complexity index is 1490. The van der Waals surface area contributed by atoms with E-state index < -0.39 is 11.1 Å². The zero-order chi connectivity index (χ0) is 27.6. The smallest absolute Gasteiger partial charge is 0.171 e. The van der Waals surface area contributed by atoms with Gasteiger partial charge in [-0.25, -0.2) is 19.2 Å². The van der Waals surface area contributed by atoms with Crippen molar-refractivity contribution in [2.24, 2.45) is 11.8 Å². The van der Waals surface area contributed by atoms with E-state index in [1.165, 1.54) is 5.69 Å². The molecule has 2 aliphatic rings. The molecule has 212 valence electrons. The lowest BCUT2D eigenvalue weighted by Crippen LogP contribution is -2.49. The van der Waals surface area contributed by atoms with Crippen molar-refractivity contribution < 1.29 is 18.2 Å². The van der Waals surface area contributed by atoms with Gasteiger partial charge in [-0.05, 0) is 94.2 Å². The van der Waals surface area contributed by atoms with E-state index in [1.54, 1.807) is 13.3 Å². The number of likely N-dealkylation sites (tertiary alicyclic amines) is 1.